The van der Waals surface area contributed by atoms with Gasteiger partial charge in [0.15, 0.2) is 17.5 Å². The first kappa shape index (κ1) is 98.8. The molecule has 0 radical (unpaired) electrons. The van der Waals surface area contributed by atoms with Crippen molar-refractivity contribution < 1.29 is 48.1 Å². The molecule has 6 aromatic rings. The number of nitrogens with one attached hydrogen (secondary N) is 5. The zero-order valence-electron chi connectivity index (χ0n) is 84.3. The molecule has 0 spiro atoms. The van der Waals surface area contributed by atoms with E-state index in [1.165, 1.54) is 162 Å². The topological polar surface area (TPSA) is 353 Å². The van der Waals surface area contributed by atoms with Crippen molar-refractivity contribution in [3.05, 3.63) is 88.4 Å². The molecule has 34 nitrogen and oxygen atoms in total. The molecule has 6 saturated carbocycles. The summed E-state index contributed by atoms with van der Waals surface area (Å²) in [5.74, 6) is 7.41. The minimum Gasteiger partial charge on any atom is -0.491 e. The summed E-state index contributed by atoms with van der Waals surface area (Å²) in [6.07, 6.45) is 31.6. The number of ether oxygens (including phenoxy) is 3. The molecule has 752 valence electrons. The Labute approximate surface area is 821 Å². The molecule has 8 N–H and O–H groups in total. The third-order valence-electron chi connectivity index (χ3n) is 32.0. The average molecular weight is 1910 g/mol. The fourth-order valence-electron chi connectivity index (χ4n) is 23.6. The number of hydrogen-bond acceptors (Lipinski definition) is 28. The number of rotatable bonds is 26. The van der Waals surface area contributed by atoms with Gasteiger partial charge in [0.25, 0.3) is 11.8 Å². The molecule has 3 aromatic heterocycles. The van der Waals surface area contributed by atoms with Crippen molar-refractivity contribution in [3.8, 4) is 17.2 Å². The number of aromatic carboxylic acids is 1. The van der Waals surface area contributed by atoms with Gasteiger partial charge in [0.2, 0.25) is 35.6 Å². The Morgan fingerprint density at radius 1 is 0.396 bits per heavy atom. The fourth-order valence-corrected chi connectivity index (χ4v) is 23.6. The molecule has 139 heavy (non-hydrogen) atoms. The molecule has 3 saturated heterocycles. The number of carbonyl (C=O) groups is 6. The molecule has 0 unspecified atom stereocenters. The highest BCUT2D eigenvalue weighted by atomic mass is 16.5. The van der Waals surface area contributed by atoms with E-state index >= 15 is 0 Å². The lowest BCUT2D eigenvalue weighted by molar-refractivity contribution is -0.120. The summed E-state index contributed by atoms with van der Waals surface area (Å²) < 4.78 is 17.8. The number of piperazine rings is 3. The zero-order chi connectivity index (χ0) is 97.1. The third kappa shape index (κ3) is 22.3. The van der Waals surface area contributed by atoms with E-state index in [4.69, 9.17) is 34.9 Å². The number of carboxylic acid groups (broad SMARTS) is 1. The number of carboxylic acids is 1. The maximum absolute atomic E-state index is 13.6. The number of hydrogen-bond donors (Lipinski definition) is 7. The second-order valence-corrected chi connectivity index (χ2v) is 42.4. The van der Waals surface area contributed by atoms with Crippen molar-refractivity contribution in [1.29, 1.82) is 0 Å². The standard InChI is InChI=1S/2C35H50N8O3.C21H25N5O4.C14H27N3/c2*1-5-29-34(45)40(4)30-20-36-35(39-32(30)43(29)22(2)3)38-28-13-12-27(26-14-19-46-31(26)28)33(44)37-24-8-10-25(11-9-24)42-17-15-41(16-18-42)21-23-6-7-23;1-5-15-19(27)25(4)16-10-22-21(24-18(16)26(15)11(2)3)23-14-7-6-13(20(28)29)12-8-9-30-17(12)14;15-13-3-5-14(6-4-13)17-9-7-16(8-10-17)11-12-1-2-12/h2*12-13,20,22-25,29H,5-11,14-19,21H2,1-4H3,(H,37,44)(H,36,38,39);6-7,10-11,15H,5,8-9H2,1-4H3,(H,28,29)(H,22,23,24);12-14H,1-11,15H2/t2*24?,25?,29-;15-;/m000./s1. The minimum absolute atomic E-state index is 0.0126. The largest absolute Gasteiger partial charge is 0.491 e. The van der Waals surface area contributed by atoms with Gasteiger partial charge in [-0.1, -0.05) is 20.8 Å². The molecule has 0 bridgehead atoms. The van der Waals surface area contributed by atoms with Crippen LogP contribution in [-0.2, 0) is 33.6 Å². The van der Waals surface area contributed by atoms with Crippen LogP contribution in [0.15, 0.2) is 55.0 Å². The third-order valence-corrected chi connectivity index (χ3v) is 32.0. The van der Waals surface area contributed by atoms with E-state index in [-0.39, 0.29) is 83.4 Å². The number of nitrogens with zero attached hydrogens (tertiary/aromatic N) is 18. The smallest absolute Gasteiger partial charge is 0.336 e. The monoisotopic (exact) mass is 1910 g/mol. The molecular formula is C105H152N24O10. The molecule has 9 aliphatic heterocycles. The number of benzene rings is 3. The first-order chi connectivity index (χ1) is 67.2. The lowest BCUT2D eigenvalue weighted by Gasteiger charge is -2.42. The summed E-state index contributed by atoms with van der Waals surface area (Å²) in [5, 5.41) is 26.0. The summed E-state index contributed by atoms with van der Waals surface area (Å²) >= 11 is 0. The molecule has 9 fully saturated rings. The fraction of sp³-hybridized carbons (Fsp3) is 0.657. The van der Waals surface area contributed by atoms with E-state index in [0.29, 0.717) is 157 Å². The van der Waals surface area contributed by atoms with Crippen molar-refractivity contribution in [2.45, 2.75) is 289 Å². The number of carbonyl (C=O) groups excluding carboxylic acids is 5. The van der Waals surface area contributed by atoms with E-state index in [0.717, 1.165) is 109 Å². The number of amides is 5. The molecule has 21 rings (SSSR count). The maximum atomic E-state index is 13.6. The Kier molecular flexibility index (Phi) is 31.0. The van der Waals surface area contributed by atoms with Gasteiger partial charge in [-0.3, -0.25) is 38.7 Å². The van der Waals surface area contributed by atoms with Gasteiger partial charge in [-0.25, -0.2) is 19.7 Å². The van der Waals surface area contributed by atoms with Crippen LogP contribution in [0.4, 0.5) is 69.4 Å². The van der Waals surface area contributed by atoms with Gasteiger partial charge in [-0.2, -0.15) is 15.0 Å². The molecular weight excluding hydrogens is 1760 g/mol. The highest BCUT2D eigenvalue weighted by molar-refractivity contribution is 6.07. The molecule has 3 atom stereocenters. The van der Waals surface area contributed by atoms with Gasteiger partial charge >= 0.3 is 5.97 Å². The van der Waals surface area contributed by atoms with E-state index in [2.05, 4.69) is 108 Å². The van der Waals surface area contributed by atoms with Crippen molar-refractivity contribution in [3.63, 3.8) is 0 Å². The molecule has 6 aliphatic carbocycles. The zero-order valence-corrected chi connectivity index (χ0v) is 84.3. The molecule has 34 heteroatoms. The number of likely N-dealkylation sites (N-methyl/N-ethyl adjacent to an activating group) is 3. The highest BCUT2D eigenvalue weighted by Crippen LogP contribution is 2.47. The summed E-state index contributed by atoms with van der Waals surface area (Å²) in [7, 11) is 5.31. The first-order valence-corrected chi connectivity index (χ1v) is 52.7. The lowest BCUT2D eigenvalue weighted by atomic mass is 9.89. The van der Waals surface area contributed by atoms with Crippen LogP contribution in [0.2, 0.25) is 0 Å². The predicted molar refractivity (Wildman–Crippen MR) is 545 cm³/mol. The number of aromatic nitrogens is 6. The second-order valence-electron chi connectivity index (χ2n) is 42.4. The molecule has 12 heterocycles. The number of anilines is 12. The molecule has 3 aromatic carbocycles. The Hall–Kier alpha value is -10.4. The van der Waals surface area contributed by atoms with E-state index in [1.54, 1.807) is 66.6 Å². The lowest BCUT2D eigenvalue weighted by Crippen LogP contribution is -2.54. The highest BCUT2D eigenvalue weighted by Gasteiger charge is 2.45. The maximum Gasteiger partial charge on any atom is 0.336 e. The normalized spacial score (nSPS) is 25.1. The van der Waals surface area contributed by atoms with E-state index in [9.17, 15) is 33.9 Å². The minimum atomic E-state index is -0.973. The van der Waals surface area contributed by atoms with Gasteiger partial charge in [-0.15, -0.1) is 0 Å². The van der Waals surface area contributed by atoms with E-state index in [1.807, 2.05) is 63.8 Å². The Morgan fingerprint density at radius 3 is 0.950 bits per heavy atom. The molecule has 15 aliphatic rings. The van der Waals surface area contributed by atoms with Crippen LogP contribution in [0.3, 0.4) is 0 Å². The number of fused-ring (bicyclic) bond motifs is 6. The van der Waals surface area contributed by atoms with Crippen LogP contribution in [0.1, 0.15) is 245 Å². The van der Waals surface area contributed by atoms with Crippen LogP contribution in [0.5, 0.6) is 17.2 Å². The van der Waals surface area contributed by atoms with Gasteiger partial charge in [0.1, 0.15) is 52.4 Å². The summed E-state index contributed by atoms with van der Waals surface area (Å²) in [4.78, 5) is 133. The predicted octanol–water partition coefficient (Wildman–Crippen LogP) is 12.5. The summed E-state index contributed by atoms with van der Waals surface area (Å²) in [6.45, 7) is 38.7. The van der Waals surface area contributed by atoms with E-state index < -0.39 is 5.97 Å². The Morgan fingerprint density at radius 2 is 0.676 bits per heavy atom. The van der Waals surface area contributed by atoms with Crippen molar-refractivity contribution in [1.82, 2.24) is 69.9 Å². The van der Waals surface area contributed by atoms with Gasteiger partial charge in [0, 0.05) is 221 Å². The Bertz CT molecular complexity index is 5140. The van der Waals surface area contributed by atoms with Gasteiger partial charge < -0.3 is 95.7 Å². The summed E-state index contributed by atoms with van der Waals surface area (Å²) in [6, 6.07) is 13.3. The van der Waals surface area contributed by atoms with Crippen LogP contribution < -0.4 is 75.9 Å². The van der Waals surface area contributed by atoms with Gasteiger partial charge in [0.05, 0.1) is 61.0 Å². The van der Waals surface area contributed by atoms with Crippen LogP contribution in [-0.4, -0.2) is 312 Å². The molecule has 5 amide bonds. The SMILES string of the molecule is CC[C@H]1C(=O)N(C)c2cnc(Nc3ccc(C(=O)NC4CCC(N5CCN(CC6CC6)CC5)CC4)c4c3OCC4)nc2N1C(C)C.CC[C@H]1C(=O)N(C)c2cnc(Nc3ccc(C(=O)NC4CCC(N5CCN(CC6CC6)CC5)CC4)c4c3OCC4)nc2N1C(C)C.CC[C@H]1C(=O)N(C)c2cnc(Nc3ccc(C(=O)O)c4c3OCC4)nc2N1C(C)C.NC1CCC(N2CCN(CC3CC3)CC2)CC1. The quantitative estimate of drug-likeness (QED) is 0.0265. The summed E-state index contributed by atoms with van der Waals surface area (Å²) in [5.41, 5.74) is 14.3. The average Bonchev–Trinajstić information content (AvgIpc) is 1.44. The Balaban J connectivity index is 0.000000129. The van der Waals surface area contributed by atoms with Crippen molar-refractivity contribution >= 4 is 105 Å². The second kappa shape index (κ2) is 43.6. The van der Waals surface area contributed by atoms with Crippen LogP contribution in [0, 0.1) is 17.8 Å². The first-order valence-electron chi connectivity index (χ1n) is 52.7. The van der Waals surface area contributed by atoms with Crippen LogP contribution in [0.25, 0.3) is 0 Å². The number of nitrogens with two attached hydrogens (primary N) is 1. The van der Waals surface area contributed by atoms with Gasteiger partial charge in [-0.05, 0) is 231 Å². The van der Waals surface area contributed by atoms with Crippen molar-refractivity contribution in [2.24, 2.45) is 23.5 Å². The van der Waals surface area contributed by atoms with Crippen LogP contribution >= 0.6 is 0 Å². The van der Waals surface area contributed by atoms with Crippen molar-refractivity contribution in [2.75, 3.05) is 184 Å².